The van der Waals surface area contributed by atoms with Gasteiger partial charge in [-0.1, -0.05) is 13.0 Å². The van der Waals surface area contributed by atoms with E-state index in [-0.39, 0.29) is 11.8 Å². The van der Waals surface area contributed by atoms with E-state index in [0.717, 1.165) is 57.7 Å². The lowest BCUT2D eigenvalue weighted by molar-refractivity contribution is -0.126. The van der Waals surface area contributed by atoms with Crippen LogP contribution < -0.4 is 10.2 Å². The minimum absolute atomic E-state index is 0.0921. The van der Waals surface area contributed by atoms with Crippen molar-refractivity contribution in [3.05, 3.63) is 24.4 Å². The Labute approximate surface area is 145 Å². The molecule has 3 rings (SSSR count). The number of pyridine rings is 1. The van der Waals surface area contributed by atoms with Crippen molar-refractivity contribution >= 4 is 11.7 Å². The van der Waals surface area contributed by atoms with Crippen LogP contribution in [-0.2, 0) is 4.79 Å². The van der Waals surface area contributed by atoms with Gasteiger partial charge >= 0.3 is 0 Å². The van der Waals surface area contributed by atoms with Gasteiger partial charge in [-0.2, -0.15) is 0 Å². The van der Waals surface area contributed by atoms with Crippen LogP contribution in [0.3, 0.4) is 0 Å². The summed E-state index contributed by atoms with van der Waals surface area (Å²) in [6.45, 7) is 7.42. The number of rotatable bonds is 5. The molecular formula is C19H30N4O. The van der Waals surface area contributed by atoms with Crippen molar-refractivity contribution in [3.8, 4) is 0 Å². The number of likely N-dealkylation sites (tertiary alicyclic amines) is 1. The molecule has 0 aliphatic carbocycles. The van der Waals surface area contributed by atoms with E-state index in [1.165, 1.54) is 13.0 Å². The van der Waals surface area contributed by atoms with E-state index >= 15 is 0 Å². The quantitative estimate of drug-likeness (QED) is 0.900. The lowest BCUT2D eigenvalue weighted by Crippen LogP contribution is -2.49. The second-order valence-corrected chi connectivity index (χ2v) is 7.10. The molecule has 0 saturated carbocycles. The van der Waals surface area contributed by atoms with Crippen molar-refractivity contribution < 1.29 is 4.79 Å². The van der Waals surface area contributed by atoms with Crippen LogP contribution in [0.4, 0.5) is 5.82 Å². The zero-order valence-corrected chi connectivity index (χ0v) is 14.8. The first-order valence-corrected chi connectivity index (χ1v) is 9.45. The number of nitrogens with zero attached hydrogens (tertiary/aromatic N) is 3. The third-order valence-electron chi connectivity index (χ3n) is 5.24. The molecule has 132 valence electrons. The summed E-state index contributed by atoms with van der Waals surface area (Å²) in [4.78, 5) is 21.9. The monoisotopic (exact) mass is 330 g/mol. The molecular weight excluding hydrogens is 300 g/mol. The summed E-state index contributed by atoms with van der Waals surface area (Å²) in [6, 6.07) is 6.33. The zero-order chi connectivity index (χ0) is 16.8. The Morgan fingerprint density at radius 1 is 1.25 bits per heavy atom. The topological polar surface area (TPSA) is 48.5 Å². The zero-order valence-electron chi connectivity index (χ0n) is 14.8. The summed E-state index contributed by atoms with van der Waals surface area (Å²) in [6.07, 6.45) is 7.25. The Kier molecular flexibility index (Phi) is 6.07. The van der Waals surface area contributed by atoms with Crippen molar-refractivity contribution in [1.82, 2.24) is 15.2 Å². The number of carbonyl (C=O) groups excluding carboxylic acids is 1. The first-order chi connectivity index (χ1) is 11.8. The number of aromatic nitrogens is 1. The summed E-state index contributed by atoms with van der Waals surface area (Å²) in [5.74, 6) is 1.32. The Bertz CT molecular complexity index is 513. The van der Waals surface area contributed by atoms with Gasteiger partial charge in [-0.3, -0.25) is 4.79 Å². The highest BCUT2D eigenvalue weighted by molar-refractivity contribution is 5.79. The van der Waals surface area contributed by atoms with E-state index in [1.54, 1.807) is 0 Å². The molecule has 1 amide bonds. The summed E-state index contributed by atoms with van der Waals surface area (Å²) in [5.41, 5.74) is 0. The van der Waals surface area contributed by atoms with Gasteiger partial charge in [-0.25, -0.2) is 4.98 Å². The normalized spacial score (nSPS) is 23.2. The molecule has 1 N–H and O–H groups in total. The van der Waals surface area contributed by atoms with Gasteiger partial charge in [-0.05, 0) is 50.8 Å². The molecule has 0 bridgehead atoms. The molecule has 1 aromatic rings. The highest BCUT2D eigenvalue weighted by atomic mass is 16.2. The number of anilines is 1. The van der Waals surface area contributed by atoms with E-state index in [0.29, 0.717) is 6.04 Å². The van der Waals surface area contributed by atoms with Gasteiger partial charge in [-0.15, -0.1) is 0 Å². The number of nitrogens with one attached hydrogen (secondary N) is 1. The maximum atomic E-state index is 12.7. The molecule has 2 saturated heterocycles. The Hall–Kier alpha value is -1.62. The number of hydrogen-bond donors (Lipinski definition) is 1. The average molecular weight is 330 g/mol. The highest BCUT2D eigenvalue weighted by Gasteiger charge is 2.28. The van der Waals surface area contributed by atoms with Crippen LogP contribution >= 0.6 is 0 Å². The van der Waals surface area contributed by atoms with Crippen LogP contribution in [0.5, 0.6) is 0 Å². The molecule has 24 heavy (non-hydrogen) atoms. The van der Waals surface area contributed by atoms with Gasteiger partial charge in [0.25, 0.3) is 0 Å². The number of hydrogen-bond acceptors (Lipinski definition) is 4. The first kappa shape index (κ1) is 17.2. The van der Waals surface area contributed by atoms with Gasteiger partial charge in [0.2, 0.25) is 5.91 Å². The lowest BCUT2D eigenvalue weighted by Gasteiger charge is -2.35. The summed E-state index contributed by atoms with van der Waals surface area (Å²) >= 11 is 0. The minimum atomic E-state index is 0.0921. The molecule has 5 heteroatoms. The predicted octanol–water partition coefficient (Wildman–Crippen LogP) is 2.29. The molecule has 1 atom stereocenters. The highest BCUT2D eigenvalue weighted by Crippen LogP contribution is 2.22. The van der Waals surface area contributed by atoms with E-state index < -0.39 is 0 Å². The van der Waals surface area contributed by atoms with Crippen LogP contribution in [0.15, 0.2) is 24.4 Å². The van der Waals surface area contributed by atoms with Crippen molar-refractivity contribution in [1.29, 1.82) is 0 Å². The molecule has 1 unspecified atom stereocenters. The first-order valence-electron chi connectivity index (χ1n) is 9.45. The third kappa shape index (κ3) is 4.47. The fourth-order valence-corrected chi connectivity index (χ4v) is 3.88. The summed E-state index contributed by atoms with van der Waals surface area (Å²) in [5, 5.41) is 3.31. The van der Waals surface area contributed by atoms with Crippen molar-refractivity contribution in [2.75, 3.05) is 37.6 Å². The maximum absolute atomic E-state index is 12.7. The second kappa shape index (κ2) is 8.47. The number of piperidine rings is 2. The molecule has 2 aliphatic heterocycles. The SMILES string of the molecule is CCCN1CCC(NC(=O)C2CCCN(c3ccccn3)C2)CC1. The van der Waals surface area contributed by atoms with Crippen molar-refractivity contribution in [2.24, 2.45) is 5.92 Å². The molecule has 2 fully saturated rings. The maximum Gasteiger partial charge on any atom is 0.225 e. The fourth-order valence-electron chi connectivity index (χ4n) is 3.88. The van der Waals surface area contributed by atoms with E-state index in [4.69, 9.17) is 0 Å². The van der Waals surface area contributed by atoms with Gasteiger partial charge in [0, 0.05) is 38.4 Å². The lowest BCUT2D eigenvalue weighted by atomic mass is 9.95. The number of carbonyl (C=O) groups is 1. The summed E-state index contributed by atoms with van der Waals surface area (Å²) < 4.78 is 0. The molecule has 5 nitrogen and oxygen atoms in total. The third-order valence-corrected chi connectivity index (χ3v) is 5.24. The van der Waals surface area contributed by atoms with E-state index in [1.807, 2.05) is 24.4 Å². The standard InChI is InChI=1S/C19H30N4O/c1-2-11-22-13-8-17(9-14-22)21-19(24)16-6-5-12-23(15-16)18-7-3-4-10-20-18/h3-4,7,10,16-17H,2,5-6,8-9,11-15H2,1H3,(H,21,24). The molecule has 2 aliphatic rings. The number of amides is 1. The molecule has 0 radical (unpaired) electrons. The van der Waals surface area contributed by atoms with Gasteiger partial charge < -0.3 is 15.1 Å². The summed E-state index contributed by atoms with van der Waals surface area (Å²) in [7, 11) is 0. The molecule has 0 spiro atoms. The van der Waals surface area contributed by atoms with Gasteiger partial charge in [0.15, 0.2) is 0 Å². The Morgan fingerprint density at radius 3 is 2.79 bits per heavy atom. The van der Waals surface area contributed by atoms with Gasteiger partial charge in [0.05, 0.1) is 5.92 Å². The molecule has 1 aromatic heterocycles. The Morgan fingerprint density at radius 2 is 2.08 bits per heavy atom. The second-order valence-electron chi connectivity index (χ2n) is 7.10. The van der Waals surface area contributed by atoms with Crippen molar-refractivity contribution in [3.63, 3.8) is 0 Å². The minimum Gasteiger partial charge on any atom is -0.356 e. The van der Waals surface area contributed by atoms with E-state index in [2.05, 4.69) is 27.0 Å². The van der Waals surface area contributed by atoms with Crippen LogP contribution in [0.25, 0.3) is 0 Å². The predicted molar refractivity (Wildman–Crippen MR) is 97.1 cm³/mol. The smallest absolute Gasteiger partial charge is 0.225 e. The average Bonchev–Trinajstić information content (AvgIpc) is 2.64. The largest absolute Gasteiger partial charge is 0.356 e. The van der Waals surface area contributed by atoms with Crippen LogP contribution in [-0.4, -0.2) is 54.6 Å². The molecule has 0 aromatic carbocycles. The molecule has 3 heterocycles. The van der Waals surface area contributed by atoms with Gasteiger partial charge in [0.1, 0.15) is 5.82 Å². The van der Waals surface area contributed by atoms with Crippen LogP contribution in [0.1, 0.15) is 39.0 Å². The fraction of sp³-hybridized carbons (Fsp3) is 0.684. The van der Waals surface area contributed by atoms with E-state index in [9.17, 15) is 4.79 Å². The van der Waals surface area contributed by atoms with Crippen LogP contribution in [0, 0.1) is 5.92 Å². The van der Waals surface area contributed by atoms with Crippen molar-refractivity contribution in [2.45, 2.75) is 45.1 Å². The Balaban J connectivity index is 1.48. The van der Waals surface area contributed by atoms with Crippen LogP contribution in [0.2, 0.25) is 0 Å².